The molecule has 0 aromatic carbocycles. The van der Waals surface area contributed by atoms with Gasteiger partial charge < -0.3 is 5.73 Å². The number of fused-ring (bicyclic) bond motifs is 1. The Kier molecular flexibility index (Phi) is 3.02. The molecular formula is C13H14BrN5. The van der Waals surface area contributed by atoms with Crippen LogP contribution in [0.2, 0.25) is 0 Å². The monoisotopic (exact) mass is 319 g/mol. The number of hydrogen-bond donors (Lipinski definition) is 1. The van der Waals surface area contributed by atoms with Crippen molar-refractivity contribution in [3.05, 3.63) is 35.2 Å². The summed E-state index contributed by atoms with van der Waals surface area (Å²) in [5.41, 5.74) is 8.73. The van der Waals surface area contributed by atoms with Crippen LogP contribution in [0.15, 0.2) is 35.2 Å². The van der Waals surface area contributed by atoms with Gasteiger partial charge in [-0.2, -0.15) is 5.10 Å². The quantitative estimate of drug-likeness (QED) is 0.807. The van der Waals surface area contributed by atoms with E-state index in [-0.39, 0.29) is 0 Å². The second-order valence-corrected chi connectivity index (χ2v) is 5.33. The maximum Gasteiger partial charge on any atom is 0.139 e. The van der Waals surface area contributed by atoms with E-state index in [0.29, 0.717) is 5.82 Å². The lowest BCUT2D eigenvalue weighted by atomic mass is 10.2. The van der Waals surface area contributed by atoms with Crippen LogP contribution in [0.25, 0.3) is 16.9 Å². The molecule has 98 valence electrons. The summed E-state index contributed by atoms with van der Waals surface area (Å²) in [5.74, 6) is 0.632. The van der Waals surface area contributed by atoms with E-state index in [1.54, 1.807) is 0 Å². The van der Waals surface area contributed by atoms with Gasteiger partial charge in [-0.25, -0.2) is 4.98 Å². The first-order valence-corrected chi connectivity index (χ1v) is 6.94. The Bertz CT molecular complexity index is 728. The smallest absolute Gasteiger partial charge is 0.139 e. The Hall–Kier alpha value is -1.82. The van der Waals surface area contributed by atoms with Crippen molar-refractivity contribution in [3.8, 4) is 11.3 Å². The lowest BCUT2D eigenvalue weighted by molar-refractivity contribution is 0.603. The van der Waals surface area contributed by atoms with E-state index in [2.05, 4.69) is 32.9 Å². The van der Waals surface area contributed by atoms with Gasteiger partial charge >= 0.3 is 0 Å². The number of nitrogen functional groups attached to an aromatic ring is 1. The second-order valence-electron chi connectivity index (χ2n) is 4.41. The van der Waals surface area contributed by atoms with E-state index in [1.165, 1.54) is 0 Å². The van der Waals surface area contributed by atoms with E-state index in [4.69, 9.17) is 5.73 Å². The molecule has 3 aromatic rings. The van der Waals surface area contributed by atoms with Crippen LogP contribution in [0, 0.1) is 0 Å². The highest BCUT2D eigenvalue weighted by Gasteiger charge is 2.13. The fraction of sp³-hybridized carbons (Fsp3) is 0.231. The summed E-state index contributed by atoms with van der Waals surface area (Å²) >= 11 is 3.44. The topological polar surface area (TPSA) is 61.1 Å². The molecular weight excluding hydrogens is 306 g/mol. The molecule has 0 fully saturated rings. The minimum atomic E-state index is 0.632. The van der Waals surface area contributed by atoms with Gasteiger partial charge in [0.15, 0.2) is 0 Å². The first kappa shape index (κ1) is 12.2. The van der Waals surface area contributed by atoms with Crippen molar-refractivity contribution >= 4 is 27.4 Å². The van der Waals surface area contributed by atoms with Crippen molar-refractivity contribution in [2.45, 2.75) is 19.9 Å². The number of imidazole rings is 1. The Labute approximate surface area is 119 Å². The van der Waals surface area contributed by atoms with Crippen molar-refractivity contribution in [3.63, 3.8) is 0 Å². The SMILES string of the molecule is CCCn1cc(-c2nc3ccc(Br)cn3c2N)cn1. The van der Waals surface area contributed by atoms with Crippen LogP contribution in [0.4, 0.5) is 5.82 Å². The van der Waals surface area contributed by atoms with E-state index >= 15 is 0 Å². The molecule has 2 N–H and O–H groups in total. The molecule has 3 rings (SSSR count). The van der Waals surface area contributed by atoms with Crippen molar-refractivity contribution in [2.75, 3.05) is 5.73 Å². The fourth-order valence-corrected chi connectivity index (χ4v) is 2.42. The third kappa shape index (κ3) is 2.12. The molecule has 0 amide bonds. The number of halogens is 1. The minimum absolute atomic E-state index is 0.632. The highest BCUT2D eigenvalue weighted by molar-refractivity contribution is 9.10. The number of rotatable bonds is 3. The summed E-state index contributed by atoms with van der Waals surface area (Å²) < 4.78 is 4.75. The van der Waals surface area contributed by atoms with Crippen molar-refractivity contribution in [2.24, 2.45) is 0 Å². The van der Waals surface area contributed by atoms with Crippen LogP contribution < -0.4 is 5.73 Å². The zero-order chi connectivity index (χ0) is 13.4. The Morgan fingerprint density at radius 1 is 1.32 bits per heavy atom. The average Bonchev–Trinajstić information content (AvgIpc) is 2.96. The lowest BCUT2D eigenvalue weighted by Crippen LogP contribution is -1.95. The maximum atomic E-state index is 6.17. The zero-order valence-corrected chi connectivity index (χ0v) is 12.1. The fourth-order valence-electron chi connectivity index (χ4n) is 2.09. The molecule has 0 saturated carbocycles. The van der Waals surface area contributed by atoms with Gasteiger partial charge in [-0.1, -0.05) is 6.92 Å². The van der Waals surface area contributed by atoms with Crippen molar-refractivity contribution in [1.29, 1.82) is 0 Å². The first-order chi connectivity index (χ1) is 9.19. The predicted octanol–water partition coefficient (Wildman–Crippen LogP) is 2.95. The van der Waals surface area contributed by atoms with Crippen LogP contribution in [0.1, 0.15) is 13.3 Å². The molecule has 0 aliphatic rings. The largest absolute Gasteiger partial charge is 0.383 e. The number of nitrogens with zero attached hydrogens (tertiary/aromatic N) is 4. The number of anilines is 1. The Morgan fingerprint density at radius 3 is 2.95 bits per heavy atom. The van der Waals surface area contributed by atoms with Gasteiger partial charge in [0.1, 0.15) is 17.2 Å². The van der Waals surface area contributed by atoms with Crippen LogP contribution in [0.3, 0.4) is 0 Å². The van der Waals surface area contributed by atoms with Crippen molar-refractivity contribution in [1.82, 2.24) is 19.2 Å². The Morgan fingerprint density at radius 2 is 2.16 bits per heavy atom. The summed E-state index contributed by atoms with van der Waals surface area (Å²) in [6.07, 6.45) is 6.76. The summed E-state index contributed by atoms with van der Waals surface area (Å²) in [6, 6.07) is 3.88. The number of aromatic nitrogens is 4. The molecule has 3 heterocycles. The molecule has 0 saturated heterocycles. The van der Waals surface area contributed by atoms with Gasteiger partial charge in [0.25, 0.3) is 0 Å². The molecule has 19 heavy (non-hydrogen) atoms. The van der Waals surface area contributed by atoms with E-state index in [0.717, 1.165) is 34.3 Å². The summed E-state index contributed by atoms with van der Waals surface area (Å²) in [6.45, 7) is 3.02. The molecule has 5 nitrogen and oxygen atoms in total. The van der Waals surface area contributed by atoms with Gasteiger partial charge in [0, 0.05) is 29.0 Å². The molecule has 0 aliphatic heterocycles. The first-order valence-electron chi connectivity index (χ1n) is 6.15. The number of nitrogens with two attached hydrogens (primary N) is 1. The van der Waals surface area contributed by atoms with Gasteiger partial charge in [-0.3, -0.25) is 9.08 Å². The molecule has 0 unspecified atom stereocenters. The van der Waals surface area contributed by atoms with Crippen LogP contribution in [0.5, 0.6) is 0 Å². The molecule has 0 aliphatic carbocycles. The van der Waals surface area contributed by atoms with Crippen molar-refractivity contribution < 1.29 is 0 Å². The van der Waals surface area contributed by atoms with E-state index in [9.17, 15) is 0 Å². The average molecular weight is 320 g/mol. The maximum absolute atomic E-state index is 6.17. The van der Waals surface area contributed by atoms with Crippen LogP contribution >= 0.6 is 15.9 Å². The van der Waals surface area contributed by atoms with E-state index < -0.39 is 0 Å². The van der Waals surface area contributed by atoms with Crippen LogP contribution in [-0.4, -0.2) is 19.2 Å². The summed E-state index contributed by atoms with van der Waals surface area (Å²) in [5, 5.41) is 4.31. The highest BCUT2D eigenvalue weighted by atomic mass is 79.9. The standard InChI is InChI=1S/C13H14BrN5/c1-2-5-18-7-9(6-16-18)12-13(15)19-8-10(14)3-4-11(19)17-12/h3-4,6-8H,2,5,15H2,1H3. The lowest BCUT2D eigenvalue weighted by Gasteiger charge is -1.97. The van der Waals surface area contributed by atoms with E-state index in [1.807, 2.05) is 39.8 Å². The third-order valence-corrected chi connectivity index (χ3v) is 3.45. The normalized spacial score (nSPS) is 11.3. The van der Waals surface area contributed by atoms with Gasteiger partial charge in [-0.05, 0) is 34.5 Å². The predicted molar refractivity (Wildman–Crippen MR) is 78.8 cm³/mol. The van der Waals surface area contributed by atoms with Gasteiger partial charge in [-0.15, -0.1) is 0 Å². The minimum Gasteiger partial charge on any atom is -0.383 e. The molecule has 6 heteroatoms. The third-order valence-electron chi connectivity index (χ3n) is 2.98. The zero-order valence-electron chi connectivity index (χ0n) is 10.5. The van der Waals surface area contributed by atoms with Gasteiger partial charge in [0.2, 0.25) is 0 Å². The Balaban J connectivity index is 2.11. The summed E-state index contributed by atoms with van der Waals surface area (Å²) in [4.78, 5) is 4.56. The molecule has 0 spiro atoms. The molecule has 0 radical (unpaired) electrons. The number of hydrogen-bond acceptors (Lipinski definition) is 3. The molecule has 0 atom stereocenters. The number of aryl methyl sites for hydroxylation is 1. The highest BCUT2D eigenvalue weighted by Crippen LogP contribution is 2.27. The van der Waals surface area contributed by atoms with Crippen LogP contribution in [-0.2, 0) is 6.54 Å². The summed E-state index contributed by atoms with van der Waals surface area (Å²) in [7, 11) is 0. The molecule has 3 aromatic heterocycles. The second kappa shape index (κ2) is 4.70. The van der Waals surface area contributed by atoms with Gasteiger partial charge in [0.05, 0.1) is 6.20 Å². The number of pyridine rings is 1. The molecule has 0 bridgehead atoms.